The summed E-state index contributed by atoms with van der Waals surface area (Å²) in [6.45, 7) is 0. The molecule has 0 bridgehead atoms. The van der Waals surface area contributed by atoms with Crippen molar-refractivity contribution in [2.45, 2.75) is 6.42 Å². The fourth-order valence-electron chi connectivity index (χ4n) is 1.32. The van der Waals surface area contributed by atoms with Crippen LogP contribution in [0.4, 0.5) is 0 Å². The highest BCUT2D eigenvalue weighted by atomic mass is 16.2. The Balaban J connectivity index is 2.10. The van der Waals surface area contributed by atoms with Crippen molar-refractivity contribution in [3.8, 4) is 6.07 Å². The number of hydrazone groups is 1. The van der Waals surface area contributed by atoms with Crippen LogP contribution >= 0.6 is 0 Å². The van der Waals surface area contributed by atoms with E-state index >= 15 is 0 Å². The Morgan fingerprint density at radius 2 is 2.22 bits per heavy atom. The van der Waals surface area contributed by atoms with E-state index in [-0.39, 0.29) is 6.42 Å². The number of rotatable bonds is 3. The molecule has 1 N–H and O–H groups in total. The fraction of sp³-hybridized carbons (Fsp3) is 0.0833. The van der Waals surface area contributed by atoms with Gasteiger partial charge in [-0.15, -0.1) is 0 Å². The minimum Gasteiger partial charge on any atom is -0.272 e. The van der Waals surface area contributed by atoms with Crippen molar-refractivity contribution in [2.75, 3.05) is 0 Å². The summed E-state index contributed by atoms with van der Waals surface area (Å²) < 4.78 is 0. The topological polar surface area (TPSA) is 91.0 Å². The Morgan fingerprint density at radius 1 is 1.44 bits per heavy atom. The molecule has 0 atom stereocenters. The summed E-state index contributed by atoms with van der Waals surface area (Å²) in [5.41, 5.74) is 4.30. The van der Waals surface area contributed by atoms with Gasteiger partial charge in [-0.1, -0.05) is 12.1 Å². The van der Waals surface area contributed by atoms with Gasteiger partial charge >= 0.3 is 0 Å². The van der Waals surface area contributed by atoms with Crippen LogP contribution in [0, 0.1) is 11.3 Å². The minimum absolute atomic E-state index is 0.221. The summed E-state index contributed by atoms with van der Waals surface area (Å²) in [4.78, 5) is 19.4. The summed E-state index contributed by atoms with van der Waals surface area (Å²) in [7, 11) is 0. The lowest BCUT2D eigenvalue weighted by Crippen LogP contribution is -2.16. The van der Waals surface area contributed by atoms with Crippen molar-refractivity contribution in [1.29, 1.82) is 5.26 Å². The maximum Gasteiger partial charge on any atom is 0.254 e. The van der Waals surface area contributed by atoms with E-state index in [1.807, 2.05) is 24.3 Å². The van der Waals surface area contributed by atoms with E-state index in [0.717, 1.165) is 11.0 Å². The number of nitriles is 1. The van der Waals surface area contributed by atoms with Gasteiger partial charge < -0.3 is 0 Å². The third-order valence-corrected chi connectivity index (χ3v) is 2.09. The third kappa shape index (κ3) is 2.86. The molecule has 0 aliphatic carbocycles. The van der Waals surface area contributed by atoms with Gasteiger partial charge in [-0.2, -0.15) is 10.4 Å². The van der Waals surface area contributed by atoms with E-state index in [0.29, 0.717) is 5.69 Å². The van der Waals surface area contributed by atoms with Crippen LogP contribution in [-0.4, -0.2) is 22.1 Å². The maximum absolute atomic E-state index is 11.0. The van der Waals surface area contributed by atoms with Crippen molar-refractivity contribution >= 4 is 23.2 Å². The second kappa shape index (κ2) is 5.50. The van der Waals surface area contributed by atoms with Gasteiger partial charge in [0.05, 0.1) is 29.5 Å². The Morgan fingerprint density at radius 3 is 3.00 bits per heavy atom. The Bertz CT molecular complexity index is 644. The molecule has 2 rings (SSSR count). The Hall–Kier alpha value is -2.81. The predicted octanol–water partition coefficient (Wildman–Crippen LogP) is 0.994. The largest absolute Gasteiger partial charge is 0.272 e. The predicted molar refractivity (Wildman–Crippen MR) is 65.5 cm³/mol. The van der Waals surface area contributed by atoms with Crippen molar-refractivity contribution in [3.05, 3.63) is 36.2 Å². The second-order valence-electron chi connectivity index (χ2n) is 3.41. The van der Waals surface area contributed by atoms with Gasteiger partial charge in [-0.25, -0.2) is 10.4 Å². The van der Waals surface area contributed by atoms with Crippen LogP contribution in [0.2, 0.25) is 0 Å². The number of para-hydroxylation sites is 2. The molecule has 1 heterocycles. The molecule has 2 aromatic rings. The zero-order valence-corrected chi connectivity index (χ0v) is 9.37. The minimum atomic E-state index is -0.456. The monoisotopic (exact) mass is 239 g/mol. The Labute approximate surface area is 103 Å². The molecule has 0 saturated carbocycles. The van der Waals surface area contributed by atoms with Gasteiger partial charge in [0.15, 0.2) is 0 Å². The lowest BCUT2D eigenvalue weighted by atomic mass is 10.3. The Kier molecular flexibility index (Phi) is 3.56. The maximum atomic E-state index is 11.0. The average molecular weight is 239 g/mol. The molecule has 0 fully saturated rings. The molecule has 1 aromatic carbocycles. The number of benzene rings is 1. The van der Waals surface area contributed by atoms with Crippen molar-refractivity contribution in [2.24, 2.45) is 5.10 Å². The van der Waals surface area contributed by atoms with E-state index < -0.39 is 5.91 Å². The second-order valence-corrected chi connectivity index (χ2v) is 3.41. The van der Waals surface area contributed by atoms with Crippen LogP contribution in [0.5, 0.6) is 0 Å². The number of hydrogen-bond donors (Lipinski definition) is 1. The van der Waals surface area contributed by atoms with Crippen LogP contribution in [0.3, 0.4) is 0 Å². The number of carbonyl (C=O) groups is 1. The fourth-order valence-corrected chi connectivity index (χ4v) is 1.32. The molecular weight excluding hydrogens is 230 g/mol. The van der Waals surface area contributed by atoms with Crippen LogP contribution in [0.25, 0.3) is 11.0 Å². The van der Waals surface area contributed by atoms with Crippen molar-refractivity contribution in [1.82, 2.24) is 15.4 Å². The molecule has 0 radical (unpaired) electrons. The first kappa shape index (κ1) is 11.7. The molecular formula is C12H9N5O. The lowest BCUT2D eigenvalue weighted by Gasteiger charge is -1.97. The van der Waals surface area contributed by atoms with Gasteiger partial charge in [-0.05, 0) is 12.1 Å². The van der Waals surface area contributed by atoms with E-state index in [1.54, 1.807) is 12.3 Å². The van der Waals surface area contributed by atoms with Crippen molar-refractivity contribution in [3.63, 3.8) is 0 Å². The SMILES string of the molecule is N#CCC(=O)NN=Cc1cnc2ccccc2n1. The average Bonchev–Trinajstić information content (AvgIpc) is 2.39. The molecule has 1 amide bonds. The van der Waals surface area contributed by atoms with Gasteiger partial charge in [-0.3, -0.25) is 9.78 Å². The molecule has 18 heavy (non-hydrogen) atoms. The highest BCUT2D eigenvalue weighted by Gasteiger charge is 1.98. The molecule has 6 nitrogen and oxygen atoms in total. The zero-order chi connectivity index (χ0) is 12.8. The standard InChI is InChI=1S/C12H9N5O/c13-6-5-12(18)17-15-8-9-7-14-10-3-1-2-4-11(10)16-9/h1-4,7-8H,5H2,(H,17,18). The first-order chi connectivity index (χ1) is 8.79. The van der Waals surface area contributed by atoms with Crippen LogP contribution in [0.1, 0.15) is 12.1 Å². The molecule has 0 aliphatic heterocycles. The number of amides is 1. The van der Waals surface area contributed by atoms with Crippen LogP contribution < -0.4 is 5.43 Å². The van der Waals surface area contributed by atoms with E-state index in [1.165, 1.54) is 6.21 Å². The molecule has 0 spiro atoms. The first-order valence-corrected chi connectivity index (χ1v) is 5.20. The summed E-state index contributed by atoms with van der Waals surface area (Å²) in [5, 5.41) is 12.0. The molecule has 0 aliphatic rings. The third-order valence-electron chi connectivity index (χ3n) is 2.09. The van der Waals surface area contributed by atoms with Gasteiger partial charge in [0, 0.05) is 0 Å². The highest BCUT2D eigenvalue weighted by Crippen LogP contribution is 2.07. The first-order valence-electron chi connectivity index (χ1n) is 5.20. The number of aromatic nitrogens is 2. The number of carbonyl (C=O) groups excluding carboxylic acids is 1. The number of nitrogens with one attached hydrogen (secondary N) is 1. The smallest absolute Gasteiger partial charge is 0.254 e. The molecule has 6 heteroatoms. The van der Waals surface area contributed by atoms with Gasteiger partial charge in [0.2, 0.25) is 0 Å². The molecule has 0 unspecified atom stereocenters. The molecule has 0 saturated heterocycles. The summed E-state index contributed by atoms with van der Waals surface area (Å²) in [5.74, 6) is -0.456. The quantitative estimate of drug-likeness (QED) is 0.638. The molecule has 1 aromatic heterocycles. The number of nitrogens with zero attached hydrogens (tertiary/aromatic N) is 4. The van der Waals surface area contributed by atoms with E-state index in [4.69, 9.17) is 5.26 Å². The number of fused-ring (bicyclic) bond motifs is 1. The van der Waals surface area contributed by atoms with Crippen molar-refractivity contribution < 1.29 is 4.79 Å². The van der Waals surface area contributed by atoms with Crippen LogP contribution in [-0.2, 0) is 4.79 Å². The van der Waals surface area contributed by atoms with Gasteiger partial charge in [0.25, 0.3) is 5.91 Å². The van der Waals surface area contributed by atoms with Gasteiger partial charge in [0.1, 0.15) is 12.1 Å². The normalized spacial score (nSPS) is 10.4. The number of hydrogen-bond acceptors (Lipinski definition) is 5. The zero-order valence-electron chi connectivity index (χ0n) is 9.37. The summed E-state index contributed by atoms with van der Waals surface area (Å²) in [6, 6.07) is 9.18. The molecule has 88 valence electrons. The van der Waals surface area contributed by atoms with Crippen LogP contribution in [0.15, 0.2) is 35.6 Å². The summed E-state index contributed by atoms with van der Waals surface area (Å²) in [6.07, 6.45) is 2.72. The highest BCUT2D eigenvalue weighted by molar-refractivity contribution is 5.84. The lowest BCUT2D eigenvalue weighted by molar-refractivity contribution is -0.120. The summed E-state index contributed by atoms with van der Waals surface area (Å²) >= 11 is 0. The van der Waals surface area contributed by atoms with E-state index in [2.05, 4.69) is 20.5 Å². The van der Waals surface area contributed by atoms with E-state index in [9.17, 15) is 4.79 Å².